The standard InChI is InChI=1S/C45H54N4O14/c1-26(2)42(56)34(62-33(51)30-17-12-21-46-30)43(57)38(4)25-41(55)39(42,5)45(43,58)44(63-41)32(27(3)18-20-40(38,44)54)61-31(50)19-22-47-35(48-36(52)59-23-28-13-8-6-9-14-28)49-37(53)60-24-29-15-10-7-11-16-29/h6-17,21,26-27,32,34,46,54-58H,18-20,22-25H2,1-5H3,(H2,47,48,49,52,53)/t27?,32-,34-,38+,39?,40?,41?,42?,43?,44?,45?/m1/s1. The summed E-state index contributed by atoms with van der Waals surface area (Å²) in [5, 5.41) is 70.5. The lowest BCUT2D eigenvalue weighted by molar-refractivity contribution is -0.390. The fraction of sp³-hybridized carbons (Fsp3) is 0.533. The van der Waals surface area contributed by atoms with Gasteiger partial charge in [-0.25, -0.2) is 14.4 Å². The summed E-state index contributed by atoms with van der Waals surface area (Å²) in [4.78, 5) is 60.3. The van der Waals surface area contributed by atoms with Crippen molar-refractivity contribution >= 4 is 30.1 Å². The number of hydrogen-bond donors (Lipinski definition) is 8. The Bertz CT molecular complexity index is 2240. The minimum atomic E-state index is -2.83. The average molecular weight is 875 g/mol. The zero-order chi connectivity index (χ0) is 45.4. The molecule has 8 unspecified atom stereocenters. The van der Waals surface area contributed by atoms with Crippen LogP contribution in [0.25, 0.3) is 0 Å². The highest BCUT2D eigenvalue weighted by Crippen LogP contribution is 2.90. The highest BCUT2D eigenvalue weighted by Gasteiger charge is 3.10. The summed E-state index contributed by atoms with van der Waals surface area (Å²) in [7, 11) is 0. The smallest absolute Gasteiger partial charge is 0.414 e. The number of H-pyrrole nitrogens is 1. The number of carbonyl (C=O) groups is 4. The lowest BCUT2D eigenvalue weighted by Crippen LogP contribution is -2.75. The Morgan fingerprint density at radius 1 is 0.857 bits per heavy atom. The molecule has 2 amide bonds. The molecule has 4 saturated carbocycles. The number of ether oxygens (including phenoxy) is 5. The van der Waals surface area contributed by atoms with Crippen LogP contribution in [0.2, 0.25) is 0 Å². The van der Waals surface area contributed by atoms with Gasteiger partial charge in [0.25, 0.3) is 0 Å². The Labute approximate surface area is 362 Å². The number of aliphatic hydroxyl groups is 5. The van der Waals surface area contributed by atoms with E-state index in [1.165, 1.54) is 26.1 Å². The third-order valence-corrected chi connectivity index (χ3v) is 15.0. The first-order valence-electron chi connectivity index (χ1n) is 21.1. The second-order valence-electron chi connectivity index (χ2n) is 18.2. The number of esters is 2. The molecule has 1 spiro atoms. The van der Waals surface area contributed by atoms with Gasteiger partial charge in [0.15, 0.2) is 17.5 Å². The van der Waals surface area contributed by atoms with E-state index in [1.807, 2.05) is 0 Å². The van der Waals surface area contributed by atoms with E-state index in [4.69, 9.17) is 23.7 Å². The minimum absolute atomic E-state index is 0.0139. The molecule has 338 valence electrons. The van der Waals surface area contributed by atoms with Crippen molar-refractivity contribution in [3.8, 4) is 0 Å². The molecule has 2 aliphatic heterocycles. The number of rotatable bonds is 11. The van der Waals surface area contributed by atoms with Gasteiger partial charge in [0.2, 0.25) is 5.96 Å². The number of hydrogen-bond acceptors (Lipinski definition) is 15. The molecule has 8 N–H and O–H groups in total. The van der Waals surface area contributed by atoms with Crippen LogP contribution in [0.5, 0.6) is 0 Å². The largest absolute Gasteiger partial charge is 0.459 e. The number of amides is 2. The number of aliphatic imine (C=N–C) groups is 1. The van der Waals surface area contributed by atoms with Gasteiger partial charge in [0.1, 0.15) is 47.4 Å². The van der Waals surface area contributed by atoms with E-state index < -0.39 is 112 Å². The van der Waals surface area contributed by atoms with Crippen molar-refractivity contribution in [3.05, 3.63) is 95.8 Å². The Balaban J connectivity index is 1.07. The molecule has 1 aromatic heterocycles. The van der Waals surface area contributed by atoms with Crippen LogP contribution in [0, 0.1) is 22.7 Å². The van der Waals surface area contributed by atoms with E-state index >= 15 is 0 Å². The first-order valence-corrected chi connectivity index (χ1v) is 21.1. The zero-order valence-electron chi connectivity index (χ0n) is 35.6. The molecular weight excluding hydrogens is 821 g/mol. The molecule has 2 aromatic carbocycles. The molecule has 4 aliphatic carbocycles. The summed E-state index contributed by atoms with van der Waals surface area (Å²) in [6.45, 7) is 7.07. The van der Waals surface area contributed by atoms with Gasteiger partial charge in [-0.1, -0.05) is 88.4 Å². The predicted molar refractivity (Wildman–Crippen MR) is 219 cm³/mol. The highest BCUT2D eigenvalue weighted by atomic mass is 16.7. The Kier molecular flexibility index (Phi) is 10.6. The van der Waals surface area contributed by atoms with Gasteiger partial charge in [-0.05, 0) is 54.9 Å². The van der Waals surface area contributed by atoms with Crippen LogP contribution in [0.4, 0.5) is 9.59 Å². The number of aromatic nitrogens is 1. The molecule has 18 nitrogen and oxygen atoms in total. The average Bonchev–Trinajstić information content (AvgIpc) is 3.88. The van der Waals surface area contributed by atoms with Crippen molar-refractivity contribution in [1.29, 1.82) is 0 Å². The van der Waals surface area contributed by atoms with Crippen LogP contribution in [-0.2, 0) is 41.7 Å². The molecule has 2 saturated heterocycles. The zero-order valence-corrected chi connectivity index (χ0v) is 35.6. The van der Waals surface area contributed by atoms with Gasteiger partial charge in [-0.15, -0.1) is 0 Å². The Morgan fingerprint density at radius 3 is 1.98 bits per heavy atom. The summed E-state index contributed by atoms with van der Waals surface area (Å²) in [6.07, 6.45) is -4.85. The second-order valence-corrected chi connectivity index (χ2v) is 18.2. The maximum Gasteiger partial charge on any atom is 0.414 e. The minimum Gasteiger partial charge on any atom is -0.459 e. The number of guanidine groups is 1. The van der Waals surface area contributed by atoms with Gasteiger partial charge >= 0.3 is 24.1 Å². The first kappa shape index (κ1) is 44.2. The van der Waals surface area contributed by atoms with Gasteiger partial charge in [-0.3, -0.25) is 20.4 Å². The Morgan fingerprint density at radius 2 is 1.44 bits per heavy atom. The molecule has 3 heterocycles. The van der Waals surface area contributed by atoms with Crippen molar-refractivity contribution in [2.24, 2.45) is 27.7 Å². The summed E-state index contributed by atoms with van der Waals surface area (Å²) in [5.74, 6) is -6.36. The lowest BCUT2D eigenvalue weighted by Gasteiger charge is -2.61. The lowest BCUT2D eigenvalue weighted by atomic mass is 9.52. The van der Waals surface area contributed by atoms with Crippen molar-refractivity contribution in [2.45, 2.75) is 120 Å². The normalized spacial score (nSPS) is 37.8. The molecule has 6 bridgehead atoms. The number of benzene rings is 2. The summed E-state index contributed by atoms with van der Waals surface area (Å²) < 4.78 is 29.3. The maximum atomic E-state index is 14.0. The van der Waals surface area contributed by atoms with Crippen LogP contribution in [0.3, 0.4) is 0 Å². The molecule has 0 radical (unpaired) electrons. The van der Waals surface area contributed by atoms with Crippen LogP contribution in [0.15, 0.2) is 84.0 Å². The third kappa shape index (κ3) is 5.74. The molecule has 18 heteroatoms. The van der Waals surface area contributed by atoms with Crippen LogP contribution in [-0.4, -0.2) is 113 Å². The summed E-state index contributed by atoms with van der Waals surface area (Å²) in [5.41, 5.74) is -15.5. The van der Waals surface area contributed by atoms with Crippen LogP contribution in [0.1, 0.15) is 81.9 Å². The summed E-state index contributed by atoms with van der Waals surface area (Å²) in [6, 6.07) is 20.7. The number of carbonyl (C=O) groups excluding carboxylic acids is 4. The highest BCUT2D eigenvalue weighted by molar-refractivity contribution is 6.01. The fourth-order valence-electron chi connectivity index (χ4n) is 12.0. The fourth-order valence-corrected chi connectivity index (χ4v) is 12.0. The van der Waals surface area contributed by atoms with Gasteiger partial charge in [-0.2, -0.15) is 0 Å². The predicted octanol–water partition coefficient (Wildman–Crippen LogP) is 2.96. The third-order valence-electron chi connectivity index (χ3n) is 15.0. The number of nitrogens with zero attached hydrogens (tertiary/aromatic N) is 1. The quantitative estimate of drug-likeness (QED) is 0.0596. The van der Waals surface area contributed by atoms with Crippen molar-refractivity contribution in [1.82, 2.24) is 15.6 Å². The number of nitrogens with one attached hydrogen (secondary N) is 3. The second kappa shape index (κ2) is 15.1. The summed E-state index contributed by atoms with van der Waals surface area (Å²) >= 11 is 0. The van der Waals surface area contributed by atoms with Crippen LogP contribution < -0.4 is 10.6 Å². The van der Waals surface area contributed by atoms with Crippen LogP contribution >= 0.6 is 0 Å². The molecule has 3 aromatic rings. The maximum absolute atomic E-state index is 14.0. The van der Waals surface area contributed by atoms with Crippen molar-refractivity contribution in [2.75, 3.05) is 6.54 Å². The monoisotopic (exact) mass is 874 g/mol. The number of aromatic amines is 1. The molecule has 11 atom stereocenters. The SMILES string of the molecule is CC1CCC2(O)C3(OC4(O)C[C@]2(C)C2(O)[C@H](OC(=O)c5ccc[nH]5)C(O)(C(C)C)C4(C)C32O)[C@@H]1OC(=O)CCN=C(NC(=O)OCc1ccccc1)NC(=O)OCc1ccccc1. The van der Waals surface area contributed by atoms with E-state index in [0.717, 1.165) is 0 Å². The van der Waals surface area contributed by atoms with E-state index in [0.29, 0.717) is 11.1 Å². The van der Waals surface area contributed by atoms with Crippen molar-refractivity contribution in [3.63, 3.8) is 0 Å². The number of alkyl carbamates (subject to hydrolysis) is 2. The Hall–Kier alpha value is -5.37. The molecule has 63 heavy (non-hydrogen) atoms. The van der Waals surface area contributed by atoms with Gasteiger partial charge in [0, 0.05) is 18.0 Å². The molecule has 6 fully saturated rings. The van der Waals surface area contributed by atoms with Gasteiger partial charge in [0.05, 0.1) is 18.4 Å². The van der Waals surface area contributed by atoms with Crippen molar-refractivity contribution < 1.29 is 68.4 Å². The first-order chi connectivity index (χ1) is 29.7. The molecule has 9 rings (SSSR count). The molecular formula is C45H54N4O14. The van der Waals surface area contributed by atoms with Gasteiger partial charge < -0.3 is 54.2 Å². The van der Waals surface area contributed by atoms with E-state index in [-0.39, 0.29) is 38.3 Å². The molecule has 6 aliphatic rings. The van der Waals surface area contributed by atoms with E-state index in [2.05, 4.69) is 20.6 Å². The topological polar surface area (TPSA) is 268 Å². The van der Waals surface area contributed by atoms with E-state index in [9.17, 15) is 44.7 Å². The van der Waals surface area contributed by atoms with E-state index in [1.54, 1.807) is 87.5 Å².